The summed E-state index contributed by atoms with van der Waals surface area (Å²) in [7, 11) is 0. The zero-order valence-corrected chi connectivity index (χ0v) is 15.8. The van der Waals surface area contributed by atoms with Crippen molar-refractivity contribution >= 4 is 0 Å². The quantitative estimate of drug-likeness (QED) is 0.329. The molecule has 1 aliphatic rings. The van der Waals surface area contributed by atoms with Crippen LogP contribution in [0, 0.1) is 0 Å². The molecule has 5 nitrogen and oxygen atoms in total. The van der Waals surface area contributed by atoms with E-state index in [4.69, 9.17) is 9.47 Å². The fraction of sp³-hybridized carbons (Fsp3) is 0.900. The zero-order chi connectivity index (χ0) is 18.3. The van der Waals surface area contributed by atoms with E-state index in [1.807, 2.05) is 0 Å². The van der Waals surface area contributed by atoms with Crippen LogP contribution >= 0.6 is 0 Å². The van der Waals surface area contributed by atoms with Gasteiger partial charge in [-0.1, -0.05) is 64.0 Å². The van der Waals surface area contributed by atoms with E-state index in [0.717, 1.165) is 12.8 Å². The Bertz CT molecular complexity index is 332. The van der Waals surface area contributed by atoms with Gasteiger partial charge in [0.15, 0.2) is 0 Å². The van der Waals surface area contributed by atoms with Crippen LogP contribution in [0.2, 0.25) is 0 Å². The van der Waals surface area contributed by atoms with E-state index in [1.54, 1.807) is 0 Å². The number of aliphatic hydroxyl groups excluding tert-OH is 3. The number of aliphatic hydroxyl groups is 3. The highest BCUT2D eigenvalue weighted by Crippen LogP contribution is 2.19. The predicted molar refractivity (Wildman–Crippen MR) is 99.6 cm³/mol. The van der Waals surface area contributed by atoms with E-state index in [9.17, 15) is 15.3 Å². The molecule has 0 aromatic heterocycles. The number of ether oxygens (including phenoxy) is 2. The molecule has 0 radical (unpaired) electrons. The summed E-state index contributed by atoms with van der Waals surface area (Å²) in [4.78, 5) is 0. The van der Waals surface area contributed by atoms with Gasteiger partial charge < -0.3 is 24.8 Å². The maximum absolute atomic E-state index is 9.95. The first-order valence-electron chi connectivity index (χ1n) is 10.1. The number of allylic oxidation sites excluding steroid dienone is 1. The van der Waals surface area contributed by atoms with Gasteiger partial charge in [-0.05, 0) is 19.3 Å². The summed E-state index contributed by atoms with van der Waals surface area (Å²) < 4.78 is 10.9. The minimum absolute atomic E-state index is 0.0325. The Hall–Kier alpha value is -0.460. The first-order valence-corrected chi connectivity index (χ1v) is 10.1. The first-order chi connectivity index (χ1) is 12.2. The molecule has 0 aliphatic carbocycles. The number of hydrogen-bond donors (Lipinski definition) is 3. The van der Waals surface area contributed by atoms with E-state index in [0.29, 0.717) is 6.61 Å². The van der Waals surface area contributed by atoms with Gasteiger partial charge in [-0.3, -0.25) is 0 Å². The van der Waals surface area contributed by atoms with Gasteiger partial charge in [0.1, 0.15) is 24.4 Å². The summed E-state index contributed by atoms with van der Waals surface area (Å²) in [5.41, 5.74) is 0. The zero-order valence-electron chi connectivity index (χ0n) is 15.8. The Labute approximate surface area is 153 Å². The van der Waals surface area contributed by atoms with Gasteiger partial charge in [0, 0.05) is 0 Å². The molecule has 0 aromatic carbocycles. The van der Waals surface area contributed by atoms with Gasteiger partial charge in [-0.2, -0.15) is 0 Å². The van der Waals surface area contributed by atoms with Crippen molar-refractivity contribution in [3.05, 3.63) is 12.2 Å². The van der Waals surface area contributed by atoms with Crippen LogP contribution in [0.5, 0.6) is 0 Å². The second kappa shape index (κ2) is 14.7. The Balaban J connectivity index is 2.00. The van der Waals surface area contributed by atoms with Crippen LogP contribution in [0.25, 0.3) is 0 Å². The van der Waals surface area contributed by atoms with Crippen molar-refractivity contribution in [3.63, 3.8) is 0 Å². The third-order valence-corrected chi connectivity index (χ3v) is 4.74. The first kappa shape index (κ1) is 22.6. The van der Waals surface area contributed by atoms with Crippen molar-refractivity contribution in [3.8, 4) is 0 Å². The highest BCUT2D eigenvalue weighted by Gasteiger charge is 2.39. The van der Waals surface area contributed by atoms with Crippen LogP contribution in [0.15, 0.2) is 12.2 Å². The lowest BCUT2D eigenvalue weighted by Crippen LogP contribution is -2.55. The molecular formula is C20H38O5. The molecule has 0 amide bonds. The Morgan fingerprint density at radius 1 is 0.960 bits per heavy atom. The molecule has 5 heteroatoms. The Kier molecular flexibility index (Phi) is 13.3. The number of hydrogen-bond acceptors (Lipinski definition) is 5. The topological polar surface area (TPSA) is 79.2 Å². The van der Waals surface area contributed by atoms with E-state index in [2.05, 4.69) is 19.1 Å². The maximum atomic E-state index is 9.95. The molecule has 3 N–H and O–H groups in total. The van der Waals surface area contributed by atoms with Crippen molar-refractivity contribution in [2.75, 3.05) is 19.8 Å². The van der Waals surface area contributed by atoms with E-state index in [1.165, 1.54) is 51.4 Å². The van der Waals surface area contributed by atoms with E-state index < -0.39 is 24.4 Å². The molecule has 0 bridgehead atoms. The van der Waals surface area contributed by atoms with Crippen molar-refractivity contribution in [2.45, 2.75) is 95.5 Å². The van der Waals surface area contributed by atoms with Crippen LogP contribution in [-0.2, 0) is 9.47 Å². The minimum atomic E-state index is -1.01. The molecule has 1 saturated heterocycles. The van der Waals surface area contributed by atoms with Crippen LogP contribution in [0.3, 0.4) is 0 Å². The Morgan fingerprint density at radius 2 is 1.60 bits per heavy atom. The van der Waals surface area contributed by atoms with Crippen LogP contribution in [-0.4, -0.2) is 59.6 Å². The van der Waals surface area contributed by atoms with Gasteiger partial charge in [-0.25, -0.2) is 0 Å². The van der Waals surface area contributed by atoms with Gasteiger partial charge in [0.25, 0.3) is 0 Å². The summed E-state index contributed by atoms with van der Waals surface area (Å²) in [6, 6.07) is 0. The molecule has 25 heavy (non-hydrogen) atoms. The average Bonchev–Trinajstić information content (AvgIpc) is 2.62. The number of rotatable bonds is 14. The second-order valence-corrected chi connectivity index (χ2v) is 6.97. The average molecular weight is 359 g/mol. The van der Waals surface area contributed by atoms with Gasteiger partial charge in [0.05, 0.1) is 19.8 Å². The van der Waals surface area contributed by atoms with Crippen molar-refractivity contribution in [1.29, 1.82) is 0 Å². The Morgan fingerprint density at radius 3 is 2.28 bits per heavy atom. The molecule has 0 aromatic rings. The molecule has 1 fully saturated rings. The van der Waals surface area contributed by atoms with Crippen molar-refractivity contribution < 1.29 is 24.8 Å². The number of unbranched alkanes of at least 4 members (excludes halogenated alkanes) is 8. The highest BCUT2D eigenvalue weighted by molar-refractivity contribution is 4.88. The second-order valence-electron chi connectivity index (χ2n) is 6.97. The predicted octanol–water partition coefficient (Wildman–Crippen LogP) is 2.96. The fourth-order valence-electron chi connectivity index (χ4n) is 3.12. The largest absolute Gasteiger partial charge is 0.394 e. The lowest BCUT2D eigenvalue weighted by Gasteiger charge is -2.37. The summed E-state index contributed by atoms with van der Waals surface area (Å²) in [5, 5.41) is 28.8. The summed E-state index contributed by atoms with van der Waals surface area (Å²) in [6.07, 6.45) is 13.6. The molecule has 1 rings (SSSR count). The van der Waals surface area contributed by atoms with E-state index >= 15 is 0 Å². The van der Waals surface area contributed by atoms with Gasteiger partial charge in [0.2, 0.25) is 0 Å². The molecule has 0 spiro atoms. The minimum Gasteiger partial charge on any atom is -0.394 e. The van der Waals surface area contributed by atoms with Crippen molar-refractivity contribution in [1.82, 2.24) is 0 Å². The van der Waals surface area contributed by atoms with Crippen LogP contribution < -0.4 is 0 Å². The van der Waals surface area contributed by atoms with Crippen LogP contribution in [0.1, 0.15) is 71.1 Å². The normalized spacial score (nSPS) is 27.2. The standard InChI is InChI=1S/C20H38O5/c1-2-3-4-5-6-7-8-9-10-11-12-13-14-24-20-18(15-21)25-16-17(22)19(20)23/h11-12,17-23H,2-10,13-16H2,1H3/b12-11+/t17-,18+,19+,20+/m0/s1. The maximum Gasteiger partial charge on any atom is 0.114 e. The van der Waals surface area contributed by atoms with Gasteiger partial charge >= 0.3 is 0 Å². The molecule has 148 valence electrons. The monoisotopic (exact) mass is 358 g/mol. The third kappa shape index (κ3) is 9.71. The summed E-state index contributed by atoms with van der Waals surface area (Å²) in [6.45, 7) is 2.51. The van der Waals surface area contributed by atoms with E-state index in [-0.39, 0.29) is 13.2 Å². The molecule has 0 saturated carbocycles. The molecular weight excluding hydrogens is 320 g/mol. The van der Waals surface area contributed by atoms with Crippen molar-refractivity contribution in [2.24, 2.45) is 0 Å². The third-order valence-electron chi connectivity index (χ3n) is 4.74. The SMILES string of the molecule is CCCCCCCCCC/C=C/CCO[C@H]1[C@H](O)[C@@H](O)CO[C@@H]1CO. The summed E-state index contributed by atoms with van der Waals surface area (Å²) >= 11 is 0. The molecule has 4 atom stereocenters. The smallest absolute Gasteiger partial charge is 0.114 e. The lowest BCUT2D eigenvalue weighted by molar-refractivity contribution is -0.211. The molecule has 0 unspecified atom stereocenters. The summed E-state index contributed by atoms with van der Waals surface area (Å²) in [5.74, 6) is 0. The fourth-order valence-corrected chi connectivity index (χ4v) is 3.12. The molecule has 1 aliphatic heterocycles. The highest BCUT2D eigenvalue weighted by atomic mass is 16.6. The molecule has 1 heterocycles. The van der Waals surface area contributed by atoms with Gasteiger partial charge in [-0.15, -0.1) is 0 Å². The van der Waals surface area contributed by atoms with Crippen LogP contribution in [0.4, 0.5) is 0 Å². The lowest BCUT2D eigenvalue weighted by atomic mass is 10.0.